The van der Waals surface area contributed by atoms with Gasteiger partial charge in [-0.25, -0.2) is 0 Å². The van der Waals surface area contributed by atoms with Gasteiger partial charge in [0.2, 0.25) is 5.91 Å². The van der Waals surface area contributed by atoms with Crippen molar-refractivity contribution in [2.75, 3.05) is 40.5 Å². The zero-order valence-electron chi connectivity index (χ0n) is 16.4. The zero-order valence-corrected chi connectivity index (χ0v) is 16.4. The first-order valence-corrected chi connectivity index (χ1v) is 9.41. The monoisotopic (exact) mass is 378 g/mol. The quantitative estimate of drug-likeness (QED) is 0.710. The Morgan fingerprint density at radius 1 is 1.19 bits per heavy atom. The number of piperidine rings is 1. The molecule has 0 bridgehead atoms. The number of nitrogens with one attached hydrogen (secondary N) is 1. The van der Waals surface area contributed by atoms with Crippen LogP contribution in [0.3, 0.4) is 0 Å². The maximum Gasteiger partial charge on any atom is 0.255 e. The minimum absolute atomic E-state index is 0.000483. The SMILES string of the molecule is CC[C@H](COC)NC(=O)c1ccccc1OC1CCN(C(=O)COC)CC1. The lowest BCUT2D eigenvalue weighted by Crippen LogP contribution is -2.43. The number of likely N-dealkylation sites (tertiary alicyclic amines) is 1. The molecule has 150 valence electrons. The lowest BCUT2D eigenvalue weighted by molar-refractivity contribution is -0.136. The lowest BCUT2D eigenvalue weighted by atomic mass is 10.1. The van der Waals surface area contributed by atoms with Crippen LogP contribution in [0.25, 0.3) is 0 Å². The van der Waals surface area contributed by atoms with Crippen molar-refractivity contribution in [2.24, 2.45) is 0 Å². The number of rotatable bonds is 9. The van der Waals surface area contributed by atoms with Crippen LogP contribution in [0.15, 0.2) is 24.3 Å². The molecule has 2 amide bonds. The number of benzene rings is 1. The first-order valence-electron chi connectivity index (χ1n) is 9.41. The lowest BCUT2D eigenvalue weighted by Gasteiger charge is -2.32. The Bertz CT molecular complexity index is 614. The Balaban J connectivity index is 1.96. The van der Waals surface area contributed by atoms with E-state index in [4.69, 9.17) is 14.2 Å². The summed E-state index contributed by atoms with van der Waals surface area (Å²) in [6, 6.07) is 7.22. The first-order chi connectivity index (χ1) is 13.1. The summed E-state index contributed by atoms with van der Waals surface area (Å²) in [5.41, 5.74) is 0.518. The van der Waals surface area contributed by atoms with Gasteiger partial charge in [0, 0.05) is 40.2 Å². The van der Waals surface area contributed by atoms with Crippen molar-refractivity contribution in [1.29, 1.82) is 0 Å². The number of hydrogen-bond acceptors (Lipinski definition) is 5. The molecule has 7 nitrogen and oxygen atoms in total. The van der Waals surface area contributed by atoms with E-state index < -0.39 is 0 Å². The molecule has 1 heterocycles. The van der Waals surface area contributed by atoms with E-state index >= 15 is 0 Å². The molecule has 1 aromatic rings. The van der Waals surface area contributed by atoms with Crippen molar-refractivity contribution in [1.82, 2.24) is 10.2 Å². The summed E-state index contributed by atoms with van der Waals surface area (Å²) in [4.78, 5) is 26.3. The van der Waals surface area contributed by atoms with Crippen molar-refractivity contribution in [3.8, 4) is 5.75 Å². The first kappa shape index (κ1) is 21.2. The van der Waals surface area contributed by atoms with Crippen LogP contribution < -0.4 is 10.1 Å². The van der Waals surface area contributed by atoms with Gasteiger partial charge in [-0.15, -0.1) is 0 Å². The van der Waals surface area contributed by atoms with Gasteiger partial charge in [-0.1, -0.05) is 19.1 Å². The number of hydrogen-bond donors (Lipinski definition) is 1. The molecule has 0 aliphatic carbocycles. The molecule has 0 aromatic heterocycles. The standard InChI is InChI=1S/C20H30N2O5/c1-4-15(13-25-2)21-20(24)17-7-5-6-8-18(17)27-16-9-11-22(12-10-16)19(23)14-26-3/h5-8,15-16H,4,9-14H2,1-3H3,(H,21,24)/t15-/m1/s1. The third kappa shape index (κ3) is 6.22. The van der Waals surface area contributed by atoms with E-state index in [9.17, 15) is 9.59 Å². The van der Waals surface area contributed by atoms with Gasteiger partial charge in [-0.05, 0) is 18.6 Å². The summed E-state index contributed by atoms with van der Waals surface area (Å²) < 4.78 is 16.2. The number of methoxy groups -OCH3 is 2. The maximum atomic E-state index is 12.7. The molecule has 1 fully saturated rings. The number of carbonyl (C=O) groups excluding carboxylic acids is 2. The molecule has 0 unspecified atom stereocenters. The van der Waals surface area contributed by atoms with Crippen LogP contribution >= 0.6 is 0 Å². The van der Waals surface area contributed by atoms with E-state index in [-0.39, 0.29) is 30.6 Å². The van der Waals surface area contributed by atoms with Crippen LogP contribution in [-0.4, -0.2) is 69.4 Å². The van der Waals surface area contributed by atoms with E-state index in [1.54, 1.807) is 18.1 Å². The molecule has 1 aliphatic heterocycles. The molecule has 27 heavy (non-hydrogen) atoms. The number of amides is 2. The van der Waals surface area contributed by atoms with Crippen LogP contribution in [0, 0.1) is 0 Å². The minimum Gasteiger partial charge on any atom is -0.489 e. The zero-order chi connectivity index (χ0) is 19.6. The summed E-state index contributed by atoms with van der Waals surface area (Å²) in [5.74, 6) is 0.408. The minimum atomic E-state index is -0.165. The molecule has 1 aromatic carbocycles. The molecule has 1 atom stereocenters. The van der Waals surface area contributed by atoms with Crippen LogP contribution in [0.4, 0.5) is 0 Å². The molecule has 0 radical (unpaired) electrons. The van der Waals surface area contributed by atoms with Gasteiger partial charge in [0.05, 0.1) is 18.2 Å². The van der Waals surface area contributed by atoms with Gasteiger partial charge >= 0.3 is 0 Å². The van der Waals surface area contributed by atoms with Crippen molar-refractivity contribution >= 4 is 11.8 Å². The summed E-state index contributed by atoms with van der Waals surface area (Å²) in [6.07, 6.45) is 2.22. The van der Waals surface area contributed by atoms with Gasteiger partial charge in [0.1, 0.15) is 18.5 Å². The average Bonchev–Trinajstić information content (AvgIpc) is 2.68. The summed E-state index contributed by atoms with van der Waals surface area (Å²) in [5, 5.41) is 2.99. The molecule has 1 saturated heterocycles. The van der Waals surface area contributed by atoms with Crippen LogP contribution in [0.1, 0.15) is 36.5 Å². The van der Waals surface area contributed by atoms with E-state index in [1.165, 1.54) is 7.11 Å². The largest absolute Gasteiger partial charge is 0.489 e. The fourth-order valence-corrected chi connectivity index (χ4v) is 3.10. The summed E-state index contributed by atoms with van der Waals surface area (Å²) in [7, 11) is 3.14. The molecule has 1 aliphatic rings. The molecular weight excluding hydrogens is 348 g/mol. The van der Waals surface area contributed by atoms with Gasteiger partial charge in [0.25, 0.3) is 5.91 Å². The third-order valence-corrected chi connectivity index (χ3v) is 4.68. The van der Waals surface area contributed by atoms with Gasteiger partial charge in [0.15, 0.2) is 0 Å². The second-order valence-corrected chi connectivity index (χ2v) is 6.66. The molecule has 0 spiro atoms. The second-order valence-electron chi connectivity index (χ2n) is 6.66. The Kier molecular flexibility index (Phi) is 8.54. The molecular formula is C20H30N2O5. The normalized spacial score (nSPS) is 16.0. The van der Waals surface area contributed by atoms with Gasteiger partial charge < -0.3 is 24.4 Å². The Morgan fingerprint density at radius 3 is 2.52 bits per heavy atom. The maximum absolute atomic E-state index is 12.7. The van der Waals surface area contributed by atoms with Gasteiger partial charge in [-0.2, -0.15) is 0 Å². The van der Waals surface area contributed by atoms with Crippen LogP contribution in [0.2, 0.25) is 0 Å². The highest BCUT2D eigenvalue weighted by molar-refractivity contribution is 5.97. The third-order valence-electron chi connectivity index (χ3n) is 4.68. The molecule has 7 heteroatoms. The second kappa shape index (κ2) is 10.9. The fourth-order valence-electron chi connectivity index (χ4n) is 3.10. The fraction of sp³-hybridized carbons (Fsp3) is 0.600. The van der Waals surface area contributed by atoms with Crippen molar-refractivity contribution in [3.63, 3.8) is 0 Å². The Hall–Kier alpha value is -2.12. The van der Waals surface area contributed by atoms with E-state index in [2.05, 4.69) is 5.32 Å². The number of carbonyl (C=O) groups is 2. The Labute approximate surface area is 161 Å². The Morgan fingerprint density at radius 2 is 1.89 bits per heavy atom. The molecule has 2 rings (SSSR count). The molecule has 0 saturated carbocycles. The predicted molar refractivity (Wildman–Crippen MR) is 102 cm³/mol. The van der Waals surface area contributed by atoms with E-state index in [0.717, 1.165) is 19.3 Å². The van der Waals surface area contributed by atoms with E-state index in [0.29, 0.717) is 31.0 Å². The number of para-hydroxylation sites is 1. The predicted octanol–water partition coefficient (Wildman–Crippen LogP) is 1.86. The van der Waals surface area contributed by atoms with E-state index in [1.807, 2.05) is 25.1 Å². The highest BCUT2D eigenvalue weighted by Crippen LogP contribution is 2.23. The van der Waals surface area contributed by atoms with Crippen molar-refractivity contribution in [3.05, 3.63) is 29.8 Å². The highest BCUT2D eigenvalue weighted by Gasteiger charge is 2.25. The topological polar surface area (TPSA) is 77.1 Å². The van der Waals surface area contributed by atoms with Crippen molar-refractivity contribution in [2.45, 2.75) is 38.3 Å². The average molecular weight is 378 g/mol. The molecule has 1 N–H and O–H groups in total. The summed E-state index contributed by atoms with van der Waals surface area (Å²) >= 11 is 0. The highest BCUT2D eigenvalue weighted by atomic mass is 16.5. The smallest absolute Gasteiger partial charge is 0.255 e. The number of ether oxygens (including phenoxy) is 3. The van der Waals surface area contributed by atoms with Crippen LogP contribution in [0.5, 0.6) is 5.75 Å². The summed E-state index contributed by atoms with van der Waals surface area (Å²) in [6.45, 7) is 3.85. The van der Waals surface area contributed by atoms with Crippen molar-refractivity contribution < 1.29 is 23.8 Å². The number of nitrogens with zero attached hydrogens (tertiary/aromatic N) is 1. The van der Waals surface area contributed by atoms with Gasteiger partial charge in [-0.3, -0.25) is 9.59 Å². The van der Waals surface area contributed by atoms with Crippen LogP contribution in [-0.2, 0) is 14.3 Å².